The Balaban J connectivity index is 1.65. The number of allylic oxidation sites excluding steroid dienone is 2. The van der Waals surface area contributed by atoms with Crippen molar-refractivity contribution in [1.82, 2.24) is 0 Å². The molecule has 0 aromatic heterocycles. The molecule has 3 aromatic rings. The van der Waals surface area contributed by atoms with Crippen molar-refractivity contribution in [2.24, 2.45) is 5.92 Å². The van der Waals surface area contributed by atoms with E-state index in [1.54, 1.807) is 7.11 Å². The van der Waals surface area contributed by atoms with Gasteiger partial charge in [0.1, 0.15) is 0 Å². The van der Waals surface area contributed by atoms with E-state index in [0.717, 1.165) is 16.4 Å². The molecule has 0 N–H and O–H groups in total. The second-order valence-corrected chi connectivity index (χ2v) is 11.0. The fourth-order valence-corrected chi connectivity index (χ4v) is 10.3. The summed E-state index contributed by atoms with van der Waals surface area (Å²) in [7, 11) is -1.17. The van der Waals surface area contributed by atoms with Crippen LogP contribution in [0, 0.1) is 5.92 Å². The fraction of sp³-hybridized carbons (Fsp3) is 0.200. The molecule has 1 fully saturated rings. The largest absolute Gasteiger partial charge is 0.501 e. The first-order valence-corrected chi connectivity index (χ1v) is 11.5. The topological polar surface area (TPSA) is 26.3 Å². The second-order valence-electron chi connectivity index (χ2n) is 8.00. The molecule has 3 aromatic carbocycles. The van der Waals surface area contributed by atoms with Crippen LogP contribution in [0.1, 0.15) is 23.0 Å². The van der Waals surface area contributed by atoms with Crippen LogP contribution in [0.15, 0.2) is 96.8 Å². The SMILES string of the molecule is COC1=CC2c3ccccc3C3C1C23P(=O)(c1ccccc1)c1ccccc1. The summed E-state index contributed by atoms with van der Waals surface area (Å²) in [6, 6.07) is 28.9. The summed E-state index contributed by atoms with van der Waals surface area (Å²) in [5, 5.41) is 1.58. The second kappa shape index (κ2) is 5.49. The third kappa shape index (κ3) is 1.69. The Morgan fingerprint density at radius 1 is 0.750 bits per heavy atom. The van der Waals surface area contributed by atoms with E-state index in [2.05, 4.69) is 30.3 Å². The number of methoxy groups -OCH3 is 1. The quantitative estimate of drug-likeness (QED) is 0.605. The van der Waals surface area contributed by atoms with Gasteiger partial charge in [-0.05, 0) is 17.2 Å². The molecule has 0 radical (unpaired) electrons. The molecule has 4 atom stereocenters. The molecule has 2 nitrogen and oxygen atoms in total. The average molecular weight is 384 g/mol. The van der Waals surface area contributed by atoms with Crippen LogP contribution < -0.4 is 10.6 Å². The van der Waals surface area contributed by atoms with Crippen LogP contribution in [0.4, 0.5) is 0 Å². The Kier molecular flexibility index (Phi) is 3.21. The van der Waals surface area contributed by atoms with Crippen LogP contribution in [-0.2, 0) is 9.30 Å². The lowest BCUT2D eigenvalue weighted by Crippen LogP contribution is -2.31. The first-order chi connectivity index (χ1) is 13.7. The van der Waals surface area contributed by atoms with E-state index in [1.807, 2.05) is 60.7 Å². The first kappa shape index (κ1) is 16.4. The van der Waals surface area contributed by atoms with Crippen LogP contribution in [0.5, 0.6) is 0 Å². The van der Waals surface area contributed by atoms with Gasteiger partial charge in [0, 0.05) is 28.4 Å². The summed E-state index contributed by atoms with van der Waals surface area (Å²) in [5.41, 5.74) is 2.68. The lowest BCUT2D eigenvalue weighted by atomic mass is 9.98. The maximum atomic E-state index is 15.3. The van der Waals surface area contributed by atoms with Crippen molar-refractivity contribution in [2.45, 2.75) is 17.0 Å². The summed E-state index contributed by atoms with van der Waals surface area (Å²) >= 11 is 0. The van der Waals surface area contributed by atoms with Crippen molar-refractivity contribution >= 4 is 17.8 Å². The standard InChI is InChI=1S/C25H21O2P/c1-27-22-16-21-19-14-8-9-15-20(19)23-24(22)25(21,23)28(26,17-10-4-2-5-11-17)18-12-6-3-7-13-18/h2-16,21,23-24H,1H3. The smallest absolute Gasteiger partial charge is 0.151 e. The van der Waals surface area contributed by atoms with E-state index >= 15 is 4.57 Å². The number of hydrogen-bond acceptors (Lipinski definition) is 2. The maximum Gasteiger partial charge on any atom is 0.151 e. The van der Waals surface area contributed by atoms with E-state index in [0.29, 0.717) is 0 Å². The van der Waals surface area contributed by atoms with Gasteiger partial charge in [-0.3, -0.25) is 0 Å². The third-order valence-corrected chi connectivity index (χ3v) is 11.0. The number of fused-ring (bicyclic) bond motifs is 4. The molecule has 3 aliphatic rings. The Bertz CT molecular complexity index is 1110. The Labute approximate surface area is 165 Å². The zero-order valence-corrected chi connectivity index (χ0v) is 16.6. The molecule has 28 heavy (non-hydrogen) atoms. The van der Waals surface area contributed by atoms with Gasteiger partial charge in [-0.1, -0.05) is 84.9 Å². The highest BCUT2D eigenvalue weighted by atomic mass is 31.2. The predicted molar refractivity (Wildman–Crippen MR) is 113 cm³/mol. The van der Waals surface area contributed by atoms with Crippen LogP contribution in [0.25, 0.3) is 0 Å². The zero-order valence-electron chi connectivity index (χ0n) is 15.7. The molecular formula is C25H21O2P. The lowest BCUT2D eigenvalue weighted by Gasteiger charge is -2.31. The fourth-order valence-electron chi connectivity index (χ4n) is 6.07. The Hall–Kier alpha value is -2.57. The zero-order chi connectivity index (χ0) is 18.9. The number of benzene rings is 3. The molecule has 0 bridgehead atoms. The molecule has 0 spiro atoms. The van der Waals surface area contributed by atoms with Crippen LogP contribution in [-0.4, -0.2) is 12.3 Å². The van der Waals surface area contributed by atoms with Crippen molar-refractivity contribution < 1.29 is 9.30 Å². The van der Waals surface area contributed by atoms with Gasteiger partial charge in [-0.15, -0.1) is 0 Å². The third-order valence-electron chi connectivity index (χ3n) is 7.04. The van der Waals surface area contributed by atoms with Gasteiger partial charge in [0.15, 0.2) is 7.14 Å². The summed E-state index contributed by atoms with van der Waals surface area (Å²) < 4.78 is 21.1. The van der Waals surface area contributed by atoms with Crippen LogP contribution in [0.2, 0.25) is 0 Å². The van der Waals surface area contributed by atoms with Crippen molar-refractivity contribution in [3.63, 3.8) is 0 Å². The molecule has 3 heteroatoms. The van der Waals surface area contributed by atoms with Gasteiger partial charge in [-0.2, -0.15) is 0 Å². The van der Waals surface area contributed by atoms with Gasteiger partial charge in [-0.25, -0.2) is 0 Å². The lowest BCUT2D eigenvalue weighted by molar-refractivity contribution is 0.271. The van der Waals surface area contributed by atoms with E-state index in [4.69, 9.17) is 4.74 Å². The first-order valence-electron chi connectivity index (χ1n) is 9.80. The van der Waals surface area contributed by atoms with Crippen molar-refractivity contribution in [3.05, 3.63) is 108 Å². The van der Waals surface area contributed by atoms with E-state index in [1.165, 1.54) is 11.1 Å². The van der Waals surface area contributed by atoms with Crippen molar-refractivity contribution in [2.75, 3.05) is 7.11 Å². The molecule has 0 heterocycles. The Morgan fingerprint density at radius 3 is 1.86 bits per heavy atom. The molecule has 1 saturated carbocycles. The monoisotopic (exact) mass is 384 g/mol. The summed E-state index contributed by atoms with van der Waals surface area (Å²) in [4.78, 5) is 0. The number of hydrogen-bond donors (Lipinski definition) is 0. The van der Waals surface area contributed by atoms with E-state index in [9.17, 15) is 0 Å². The highest BCUT2D eigenvalue weighted by Crippen LogP contribution is 2.89. The summed E-state index contributed by atoms with van der Waals surface area (Å²) in [5.74, 6) is 1.61. The molecule has 3 aliphatic carbocycles. The number of ether oxygens (including phenoxy) is 1. The van der Waals surface area contributed by atoms with Crippen molar-refractivity contribution in [3.8, 4) is 0 Å². The summed E-state index contributed by atoms with van der Waals surface area (Å²) in [6.07, 6.45) is 2.24. The van der Waals surface area contributed by atoms with Gasteiger partial charge in [0.25, 0.3) is 0 Å². The average Bonchev–Trinajstić information content (AvgIpc) is 3.28. The minimum absolute atomic E-state index is 0.139. The van der Waals surface area contributed by atoms with Gasteiger partial charge >= 0.3 is 0 Å². The molecular weight excluding hydrogens is 363 g/mol. The van der Waals surface area contributed by atoms with Gasteiger partial charge in [0.2, 0.25) is 0 Å². The maximum absolute atomic E-state index is 15.3. The van der Waals surface area contributed by atoms with Gasteiger partial charge in [0.05, 0.1) is 18.0 Å². The highest BCUT2D eigenvalue weighted by Gasteiger charge is 2.84. The molecule has 138 valence electrons. The summed E-state index contributed by atoms with van der Waals surface area (Å²) in [6.45, 7) is 0. The molecule has 6 rings (SSSR count). The van der Waals surface area contributed by atoms with E-state index < -0.39 is 7.14 Å². The van der Waals surface area contributed by atoms with Gasteiger partial charge < -0.3 is 9.30 Å². The molecule has 0 amide bonds. The normalized spacial score (nSPS) is 29.0. The minimum atomic E-state index is -2.92. The van der Waals surface area contributed by atoms with Crippen LogP contribution >= 0.6 is 7.14 Å². The molecule has 4 unspecified atom stereocenters. The van der Waals surface area contributed by atoms with E-state index in [-0.39, 0.29) is 22.9 Å². The molecule has 0 saturated heterocycles. The van der Waals surface area contributed by atoms with Crippen LogP contribution in [0.3, 0.4) is 0 Å². The predicted octanol–water partition coefficient (Wildman–Crippen LogP) is 4.79. The minimum Gasteiger partial charge on any atom is -0.501 e. The Morgan fingerprint density at radius 2 is 1.29 bits per heavy atom. The molecule has 0 aliphatic heterocycles. The highest BCUT2D eigenvalue weighted by molar-refractivity contribution is 7.80. The van der Waals surface area contributed by atoms with Crippen molar-refractivity contribution in [1.29, 1.82) is 0 Å². The number of rotatable bonds is 4.